The summed E-state index contributed by atoms with van der Waals surface area (Å²) in [5.74, 6) is -0.117. The van der Waals surface area contributed by atoms with Crippen LogP contribution >= 0.6 is 11.6 Å². The van der Waals surface area contributed by atoms with Crippen LogP contribution in [0.2, 0.25) is 5.02 Å². The summed E-state index contributed by atoms with van der Waals surface area (Å²) in [5, 5.41) is 3.93. The fourth-order valence-corrected chi connectivity index (χ4v) is 5.98. The van der Waals surface area contributed by atoms with E-state index in [1.807, 2.05) is 24.3 Å². The highest BCUT2D eigenvalue weighted by atomic mass is 35.5. The highest BCUT2D eigenvalue weighted by Crippen LogP contribution is 2.44. The van der Waals surface area contributed by atoms with E-state index in [1.165, 1.54) is 19.2 Å². The largest absolute Gasteiger partial charge is 0.496 e. The van der Waals surface area contributed by atoms with Gasteiger partial charge in [-0.25, -0.2) is 8.42 Å². The number of methoxy groups -OCH3 is 1. The summed E-state index contributed by atoms with van der Waals surface area (Å²) in [6.07, 6.45) is 5.86. The van der Waals surface area contributed by atoms with Crippen LogP contribution in [0.3, 0.4) is 0 Å². The second-order valence-corrected chi connectivity index (χ2v) is 11.1. The van der Waals surface area contributed by atoms with E-state index in [4.69, 9.17) is 22.1 Å². The summed E-state index contributed by atoms with van der Waals surface area (Å²) in [4.78, 5) is 15.7. The normalized spacial score (nSPS) is 23.2. The Morgan fingerprint density at radius 3 is 2.62 bits per heavy atom. The standard InChI is InChI=1S/C23H28ClN3O4S/c1-31-20-13-19(25)21(32(2,29)30)12-18(20)22(28)26-23-10-3-4-17(9-11-23)27(23)14-15-5-7-16(24)8-6-15/h5-8,12-13,17H,3-4,9-11,14,25H2,1-2H3,(H,26,28). The van der Waals surface area contributed by atoms with Crippen LogP contribution in [0.1, 0.15) is 48.0 Å². The predicted octanol–water partition coefficient (Wildman–Crippen LogP) is 3.61. The Labute approximate surface area is 193 Å². The van der Waals surface area contributed by atoms with Crippen molar-refractivity contribution in [1.29, 1.82) is 0 Å². The maximum atomic E-state index is 13.4. The van der Waals surface area contributed by atoms with E-state index in [0.29, 0.717) is 17.6 Å². The number of carbonyl (C=O) groups excluding carboxylic acids is 1. The molecule has 2 fully saturated rings. The third-order valence-corrected chi connectivity index (χ3v) is 8.00. The molecule has 2 aliphatic heterocycles. The number of hydrogen-bond donors (Lipinski definition) is 2. The van der Waals surface area contributed by atoms with E-state index in [2.05, 4.69) is 10.2 Å². The van der Waals surface area contributed by atoms with Crippen molar-refractivity contribution in [3.63, 3.8) is 0 Å². The van der Waals surface area contributed by atoms with Crippen molar-refractivity contribution in [3.8, 4) is 5.75 Å². The summed E-state index contributed by atoms with van der Waals surface area (Å²) < 4.78 is 29.7. The first kappa shape index (κ1) is 22.9. The van der Waals surface area contributed by atoms with Crippen molar-refractivity contribution in [1.82, 2.24) is 10.2 Å². The minimum atomic E-state index is -3.60. The summed E-state index contributed by atoms with van der Waals surface area (Å²) in [5.41, 5.74) is 6.77. The Morgan fingerprint density at radius 2 is 1.97 bits per heavy atom. The van der Waals surface area contributed by atoms with Crippen LogP contribution in [0.5, 0.6) is 5.75 Å². The molecule has 0 aromatic heterocycles. The number of nitrogen functional groups attached to an aromatic ring is 1. The number of nitrogens with zero attached hydrogens (tertiary/aromatic N) is 1. The Balaban J connectivity index is 1.66. The number of nitrogens with two attached hydrogens (primary N) is 1. The van der Waals surface area contributed by atoms with Gasteiger partial charge in [-0.15, -0.1) is 0 Å². The van der Waals surface area contributed by atoms with Gasteiger partial charge in [-0.1, -0.05) is 23.7 Å². The number of carbonyl (C=O) groups is 1. The second-order valence-electron chi connectivity index (χ2n) is 8.69. The number of rotatable bonds is 6. The lowest BCUT2D eigenvalue weighted by atomic mass is 9.95. The fourth-order valence-electron chi connectivity index (χ4n) is 5.04. The minimum Gasteiger partial charge on any atom is -0.496 e. The maximum absolute atomic E-state index is 13.4. The molecule has 2 aliphatic rings. The predicted molar refractivity (Wildman–Crippen MR) is 125 cm³/mol. The van der Waals surface area contributed by atoms with Crippen LogP contribution in [-0.2, 0) is 16.4 Å². The highest BCUT2D eigenvalue weighted by Gasteiger charge is 2.49. The number of sulfone groups is 1. The number of nitrogens with one attached hydrogen (secondary N) is 1. The van der Waals surface area contributed by atoms with E-state index < -0.39 is 15.5 Å². The molecule has 2 bridgehead atoms. The number of hydrogen-bond acceptors (Lipinski definition) is 6. The van der Waals surface area contributed by atoms with Crippen LogP contribution in [0, 0.1) is 0 Å². The molecule has 4 rings (SSSR count). The molecule has 0 aliphatic carbocycles. The molecular formula is C23H28ClN3O4S. The molecule has 172 valence electrons. The summed E-state index contributed by atoms with van der Waals surface area (Å²) >= 11 is 6.04. The van der Waals surface area contributed by atoms with E-state index in [9.17, 15) is 13.2 Å². The topological polar surface area (TPSA) is 102 Å². The van der Waals surface area contributed by atoms with Gasteiger partial charge in [-0.2, -0.15) is 0 Å². The van der Waals surface area contributed by atoms with Crippen molar-refractivity contribution in [2.75, 3.05) is 19.1 Å². The molecule has 9 heteroatoms. The Kier molecular flexibility index (Phi) is 6.13. The summed E-state index contributed by atoms with van der Waals surface area (Å²) in [6.45, 7) is 0.704. The van der Waals surface area contributed by atoms with Gasteiger partial charge in [0.25, 0.3) is 5.91 Å². The summed E-state index contributed by atoms with van der Waals surface area (Å²) in [7, 11) is -2.16. The second kappa shape index (κ2) is 8.57. The van der Waals surface area contributed by atoms with Gasteiger partial charge >= 0.3 is 0 Å². The van der Waals surface area contributed by atoms with Crippen molar-refractivity contribution in [3.05, 3.63) is 52.5 Å². The average Bonchev–Trinajstić information content (AvgIpc) is 2.91. The average molecular weight is 478 g/mol. The van der Waals surface area contributed by atoms with Crippen molar-refractivity contribution in [2.45, 2.75) is 55.2 Å². The number of benzene rings is 2. The summed E-state index contributed by atoms with van der Waals surface area (Å²) in [6, 6.07) is 10.9. The first-order valence-electron chi connectivity index (χ1n) is 10.6. The molecule has 2 saturated heterocycles. The molecule has 0 spiro atoms. The number of fused-ring (bicyclic) bond motifs is 2. The van der Waals surface area contributed by atoms with Gasteiger partial charge in [0.15, 0.2) is 9.84 Å². The fraction of sp³-hybridized carbons (Fsp3) is 0.435. The van der Waals surface area contributed by atoms with Gasteiger partial charge in [-0.05, 0) is 55.9 Å². The van der Waals surface area contributed by atoms with E-state index in [-0.39, 0.29) is 27.8 Å². The van der Waals surface area contributed by atoms with Gasteiger partial charge in [0.05, 0.1) is 28.9 Å². The van der Waals surface area contributed by atoms with Crippen LogP contribution < -0.4 is 15.8 Å². The van der Waals surface area contributed by atoms with Crippen LogP contribution in [0.15, 0.2) is 41.3 Å². The molecule has 32 heavy (non-hydrogen) atoms. The zero-order chi connectivity index (χ0) is 23.1. The van der Waals surface area contributed by atoms with E-state index >= 15 is 0 Å². The SMILES string of the molecule is COc1cc(N)c(S(C)(=O)=O)cc1C(=O)NC12CCCC(CC1)N2Cc1ccc(Cl)cc1. The van der Waals surface area contributed by atoms with Crippen LogP contribution in [0.25, 0.3) is 0 Å². The first-order valence-corrected chi connectivity index (χ1v) is 12.9. The molecular weight excluding hydrogens is 450 g/mol. The van der Waals surface area contributed by atoms with E-state index in [0.717, 1.165) is 43.9 Å². The van der Waals surface area contributed by atoms with Gasteiger partial charge in [0.1, 0.15) is 5.75 Å². The number of ether oxygens (including phenoxy) is 1. The van der Waals surface area contributed by atoms with Crippen molar-refractivity contribution >= 4 is 33.0 Å². The third kappa shape index (κ3) is 4.31. The van der Waals surface area contributed by atoms with Crippen molar-refractivity contribution < 1.29 is 17.9 Å². The lowest BCUT2D eigenvalue weighted by Gasteiger charge is -2.45. The maximum Gasteiger partial charge on any atom is 0.256 e. The van der Waals surface area contributed by atoms with E-state index in [1.54, 1.807) is 0 Å². The monoisotopic (exact) mass is 477 g/mol. The first-order chi connectivity index (χ1) is 15.1. The highest BCUT2D eigenvalue weighted by molar-refractivity contribution is 7.90. The number of halogens is 1. The molecule has 2 aromatic rings. The molecule has 2 heterocycles. The zero-order valence-electron chi connectivity index (χ0n) is 18.2. The molecule has 2 aromatic carbocycles. The molecule has 0 radical (unpaired) electrons. The van der Waals surface area contributed by atoms with Crippen LogP contribution in [-0.4, -0.2) is 44.3 Å². The molecule has 2 unspecified atom stereocenters. The lowest BCUT2D eigenvalue weighted by molar-refractivity contribution is 0.0184. The Bertz CT molecular complexity index is 1130. The smallest absolute Gasteiger partial charge is 0.256 e. The van der Waals surface area contributed by atoms with Crippen molar-refractivity contribution in [2.24, 2.45) is 0 Å². The molecule has 3 N–H and O–H groups in total. The third-order valence-electron chi connectivity index (χ3n) is 6.60. The number of anilines is 1. The quantitative estimate of drug-likeness (QED) is 0.616. The zero-order valence-corrected chi connectivity index (χ0v) is 19.8. The number of piperidine rings is 1. The molecule has 7 nitrogen and oxygen atoms in total. The van der Waals surface area contributed by atoms with Gasteiger partial charge in [0.2, 0.25) is 0 Å². The van der Waals surface area contributed by atoms with Gasteiger partial charge in [0, 0.05) is 29.9 Å². The number of amides is 1. The van der Waals surface area contributed by atoms with Gasteiger partial charge < -0.3 is 15.8 Å². The Morgan fingerprint density at radius 1 is 1.25 bits per heavy atom. The minimum absolute atomic E-state index is 0.0574. The Hall–Kier alpha value is -2.29. The van der Waals surface area contributed by atoms with Crippen LogP contribution in [0.4, 0.5) is 5.69 Å². The lowest BCUT2D eigenvalue weighted by Crippen LogP contribution is -2.60. The molecule has 0 saturated carbocycles. The molecule has 1 amide bonds. The van der Waals surface area contributed by atoms with Gasteiger partial charge in [-0.3, -0.25) is 9.69 Å². The molecule has 2 atom stereocenters.